The van der Waals surface area contributed by atoms with Crippen LogP contribution in [0.25, 0.3) is 10.9 Å². The number of hydrogen-bond donors (Lipinski definition) is 1. The molecule has 0 bridgehead atoms. The van der Waals surface area contributed by atoms with E-state index in [4.69, 9.17) is 5.73 Å². The van der Waals surface area contributed by atoms with E-state index in [1.165, 1.54) is 26.4 Å². The monoisotopic (exact) mass is 321 g/mol. The van der Waals surface area contributed by atoms with Crippen LogP contribution in [0, 0.1) is 0 Å². The lowest BCUT2D eigenvalue weighted by molar-refractivity contribution is 1.11. The molecule has 0 aliphatic carbocycles. The molecule has 0 unspecified atom stereocenters. The first-order valence-corrected chi connectivity index (χ1v) is 8.78. The molecular formula is C19H19N3S. The van der Waals surface area contributed by atoms with Crippen molar-refractivity contribution in [2.24, 2.45) is 0 Å². The van der Waals surface area contributed by atoms with Crippen molar-refractivity contribution in [3.63, 3.8) is 0 Å². The Labute approximate surface area is 140 Å². The highest BCUT2D eigenvalue weighted by atomic mass is 32.2. The lowest BCUT2D eigenvalue weighted by atomic mass is 10.1. The van der Waals surface area contributed by atoms with Crippen LogP contribution in [-0.4, -0.2) is 18.1 Å². The van der Waals surface area contributed by atoms with Gasteiger partial charge in [-0.3, -0.25) is 0 Å². The van der Waals surface area contributed by atoms with Gasteiger partial charge in [-0.2, -0.15) is 0 Å². The van der Waals surface area contributed by atoms with Crippen molar-refractivity contribution in [3.8, 4) is 0 Å². The highest BCUT2D eigenvalue weighted by Crippen LogP contribution is 2.43. The average molecular weight is 321 g/mol. The normalized spacial score (nSPS) is 13.5. The molecule has 0 amide bonds. The molecule has 0 spiro atoms. The van der Waals surface area contributed by atoms with Gasteiger partial charge in [0.2, 0.25) is 0 Å². The number of rotatable bonds is 4. The summed E-state index contributed by atoms with van der Waals surface area (Å²) in [5.41, 5.74) is 9.67. The van der Waals surface area contributed by atoms with Crippen LogP contribution in [0.1, 0.15) is 12.5 Å². The molecule has 2 N–H and O–H groups in total. The van der Waals surface area contributed by atoms with Gasteiger partial charge < -0.3 is 10.6 Å². The molecule has 0 radical (unpaired) electrons. The quantitative estimate of drug-likeness (QED) is 0.725. The first-order valence-electron chi connectivity index (χ1n) is 7.97. The van der Waals surface area contributed by atoms with Gasteiger partial charge in [-0.1, -0.05) is 43.0 Å². The van der Waals surface area contributed by atoms with Crippen LogP contribution in [0.15, 0.2) is 58.3 Å². The zero-order valence-corrected chi connectivity index (χ0v) is 13.9. The molecule has 116 valence electrons. The van der Waals surface area contributed by atoms with Crippen molar-refractivity contribution in [2.45, 2.75) is 23.1 Å². The van der Waals surface area contributed by atoms with Gasteiger partial charge in [0.25, 0.3) is 0 Å². The average Bonchev–Trinajstić information content (AvgIpc) is 3.39. The summed E-state index contributed by atoms with van der Waals surface area (Å²) in [6.45, 7) is 4.37. The fraction of sp³-hybridized carbons (Fsp3) is 0.211. The Bertz CT molecular complexity index is 857. The van der Waals surface area contributed by atoms with Crippen LogP contribution in [0.3, 0.4) is 0 Å². The summed E-state index contributed by atoms with van der Waals surface area (Å²) in [5.74, 6) is 0.670. The molecule has 1 saturated heterocycles. The van der Waals surface area contributed by atoms with Gasteiger partial charge in [0.05, 0.1) is 11.2 Å². The third-order valence-electron chi connectivity index (χ3n) is 4.16. The van der Waals surface area contributed by atoms with Gasteiger partial charge in [-0.15, -0.1) is 0 Å². The summed E-state index contributed by atoms with van der Waals surface area (Å²) in [6, 6.07) is 16.8. The number of nitrogen functional groups attached to an aromatic ring is 1. The number of nitrogens with zero attached hydrogens (tertiary/aromatic N) is 2. The van der Waals surface area contributed by atoms with Crippen LogP contribution in [0.2, 0.25) is 0 Å². The minimum absolute atomic E-state index is 0.670. The molecule has 1 aromatic heterocycles. The predicted octanol–water partition coefficient (Wildman–Crippen LogP) is 4.35. The van der Waals surface area contributed by atoms with Crippen LogP contribution >= 0.6 is 11.8 Å². The molecule has 23 heavy (non-hydrogen) atoms. The minimum Gasteiger partial charge on any atom is -0.383 e. The Kier molecular flexibility index (Phi) is 3.62. The van der Waals surface area contributed by atoms with Gasteiger partial charge in [-0.05, 0) is 30.7 Å². The summed E-state index contributed by atoms with van der Waals surface area (Å²) in [5, 5.41) is 1.24. The van der Waals surface area contributed by atoms with Crippen LogP contribution in [0.4, 0.5) is 11.5 Å². The van der Waals surface area contributed by atoms with Gasteiger partial charge in [0.1, 0.15) is 5.82 Å². The molecule has 1 aliphatic heterocycles. The second kappa shape index (κ2) is 5.78. The van der Waals surface area contributed by atoms with Crippen molar-refractivity contribution < 1.29 is 0 Å². The van der Waals surface area contributed by atoms with Crippen molar-refractivity contribution in [2.75, 3.05) is 23.7 Å². The highest BCUT2D eigenvalue weighted by Gasteiger charge is 2.26. The Morgan fingerprint density at radius 1 is 1.09 bits per heavy atom. The van der Waals surface area contributed by atoms with E-state index in [9.17, 15) is 0 Å². The van der Waals surface area contributed by atoms with Crippen molar-refractivity contribution in [1.82, 2.24) is 4.98 Å². The SMILES string of the molecule is CCc1c(N)nc2cccc(Sc3ccccc3)c2c1N1CC1. The molecule has 4 heteroatoms. The molecular weight excluding hydrogens is 302 g/mol. The third-order valence-corrected chi connectivity index (χ3v) is 5.23. The van der Waals surface area contributed by atoms with E-state index in [0.29, 0.717) is 5.82 Å². The molecule has 3 aromatic rings. The third kappa shape index (κ3) is 2.63. The first kappa shape index (κ1) is 14.4. The Morgan fingerprint density at radius 2 is 1.87 bits per heavy atom. The highest BCUT2D eigenvalue weighted by molar-refractivity contribution is 7.99. The topological polar surface area (TPSA) is 41.9 Å². The summed E-state index contributed by atoms with van der Waals surface area (Å²) in [6.07, 6.45) is 0.908. The van der Waals surface area contributed by atoms with Crippen molar-refractivity contribution in [3.05, 3.63) is 54.1 Å². The van der Waals surface area contributed by atoms with Crippen LogP contribution in [0.5, 0.6) is 0 Å². The Hall–Kier alpha value is -2.20. The van der Waals surface area contributed by atoms with E-state index in [1.54, 1.807) is 11.8 Å². The van der Waals surface area contributed by atoms with Crippen LogP contribution < -0.4 is 10.6 Å². The van der Waals surface area contributed by atoms with Crippen LogP contribution in [-0.2, 0) is 6.42 Å². The lowest BCUT2D eigenvalue weighted by Gasteiger charge is -2.17. The number of fused-ring (bicyclic) bond motifs is 1. The van der Waals surface area contributed by atoms with E-state index < -0.39 is 0 Å². The molecule has 2 aromatic carbocycles. The molecule has 3 nitrogen and oxygen atoms in total. The van der Waals surface area contributed by atoms with E-state index in [1.807, 2.05) is 6.07 Å². The number of aromatic nitrogens is 1. The molecule has 1 aliphatic rings. The standard InChI is InChI=1S/C19H19N3S/c1-2-14-18(22-11-12-22)17-15(21-19(14)20)9-6-10-16(17)23-13-7-4-3-5-8-13/h3-10H,2,11-12H2,1H3,(H2,20,21). The molecule has 4 rings (SSSR count). The smallest absolute Gasteiger partial charge is 0.129 e. The van der Waals surface area contributed by atoms with E-state index >= 15 is 0 Å². The Morgan fingerprint density at radius 3 is 2.57 bits per heavy atom. The van der Waals surface area contributed by atoms with Gasteiger partial charge in [-0.25, -0.2) is 4.98 Å². The summed E-state index contributed by atoms with van der Waals surface area (Å²) >= 11 is 1.79. The summed E-state index contributed by atoms with van der Waals surface area (Å²) in [7, 11) is 0. The van der Waals surface area contributed by atoms with Gasteiger partial charge >= 0.3 is 0 Å². The number of hydrogen-bond acceptors (Lipinski definition) is 4. The number of benzene rings is 2. The Balaban J connectivity index is 1.94. The van der Waals surface area contributed by atoms with Crippen molar-refractivity contribution >= 4 is 34.2 Å². The minimum atomic E-state index is 0.670. The maximum absolute atomic E-state index is 6.22. The zero-order chi connectivity index (χ0) is 15.8. The second-order valence-electron chi connectivity index (χ2n) is 5.73. The van der Waals surface area contributed by atoms with Gasteiger partial charge in [0, 0.05) is 33.8 Å². The first-order chi connectivity index (χ1) is 11.3. The molecule has 0 atom stereocenters. The van der Waals surface area contributed by atoms with E-state index in [2.05, 4.69) is 59.3 Å². The fourth-order valence-electron chi connectivity index (χ4n) is 2.99. The summed E-state index contributed by atoms with van der Waals surface area (Å²) < 4.78 is 0. The fourth-order valence-corrected chi connectivity index (χ4v) is 3.99. The molecule has 0 saturated carbocycles. The van der Waals surface area contributed by atoms with Gasteiger partial charge in [0.15, 0.2) is 0 Å². The number of anilines is 2. The van der Waals surface area contributed by atoms with E-state index in [0.717, 1.165) is 25.0 Å². The maximum atomic E-state index is 6.22. The maximum Gasteiger partial charge on any atom is 0.129 e. The zero-order valence-electron chi connectivity index (χ0n) is 13.1. The number of nitrogens with two attached hydrogens (primary N) is 1. The van der Waals surface area contributed by atoms with E-state index in [-0.39, 0.29) is 0 Å². The second-order valence-corrected chi connectivity index (χ2v) is 6.85. The predicted molar refractivity (Wildman–Crippen MR) is 98.3 cm³/mol. The lowest BCUT2D eigenvalue weighted by Crippen LogP contribution is -2.05. The van der Waals surface area contributed by atoms with Crippen molar-refractivity contribution in [1.29, 1.82) is 0 Å². The molecule has 1 fully saturated rings. The largest absolute Gasteiger partial charge is 0.383 e. The summed E-state index contributed by atoms with van der Waals surface area (Å²) in [4.78, 5) is 9.54. The molecule has 2 heterocycles. The number of pyridine rings is 1.